The molecule has 5 nitrogen and oxygen atoms in total. The number of rotatable bonds is 3. The van der Waals surface area contributed by atoms with Crippen LogP contribution in [0.3, 0.4) is 0 Å². The first-order chi connectivity index (χ1) is 9.15. The van der Waals surface area contributed by atoms with Gasteiger partial charge in [0.25, 0.3) is 0 Å². The van der Waals surface area contributed by atoms with Crippen LogP contribution >= 0.6 is 11.6 Å². The van der Waals surface area contributed by atoms with Crippen LogP contribution in [0.1, 0.15) is 6.42 Å². The lowest BCUT2D eigenvalue weighted by molar-refractivity contribution is 0.391. The maximum absolute atomic E-state index is 13.8. The average molecular weight is 342 g/mol. The average Bonchev–Trinajstić information content (AvgIpc) is 2.71. The third-order valence-electron chi connectivity index (χ3n) is 3.30. The molecule has 9 heteroatoms. The third kappa shape index (κ3) is 2.83. The fourth-order valence-corrected chi connectivity index (χ4v) is 5.67. The minimum absolute atomic E-state index is 0.0600. The van der Waals surface area contributed by atoms with Crippen LogP contribution in [0.4, 0.5) is 4.39 Å². The number of halogens is 2. The van der Waals surface area contributed by atoms with E-state index in [9.17, 15) is 21.2 Å². The Kier molecular flexibility index (Phi) is 4.12. The number of nitrogens with zero attached hydrogens (tertiary/aromatic N) is 1. The molecule has 1 unspecified atom stereocenters. The maximum atomic E-state index is 13.8. The van der Waals surface area contributed by atoms with Crippen LogP contribution in [0.5, 0.6) is 0 Å². The molecule has 112 valence electrons. The molecule has 0 aromatic heterocycles. The van der Waals surface area contributed by atoms with E-state index in [2.05, 4.69) is 0 Å². The van der Waals surface area contributed by atoms with E-state index < -0.39 is 36.6 Å². The molecular formula is C11H13ClFNO4S2. The summed E-state index contributed by atoms with van der Waals surface area (Å²) in [5.74, 6) is -1.33. The Morgan fingerprint density at radius 2 is 2.05 bits per heavy atom. The molecule has 0 aliphatic carbocycles. The zero-order valence-electron chi connectivity index (χ0n) is 10.6. The molecule has 0 N–H and O–H groups in total. The Bertz CT molecular complexity index is 733. The summed E-state index contributed by atoms with van der Waals surface area (Å²) in [6.45, 7) is 0. The van der Waals surface area contributed by atoms with Crippen LogP contribution in [0, 0.1) is 5.82 Å². The number of sulfone groups is 1. The summed E-state index contributed by atoms with van der Waals surface area (Å²) < 4.78 is 62.2. The highest BCUT2D eigenvalue weighted by Gasteiger charge is 2.37. The standard InChI is InChI=1S/C11H13ClFNO4S2/c1-14(8-5-6-19(15,16)7-8)20(17,18)10-4-2-3-9(12)11(10)13/h2-4,8H,5-7H2,1H3. The van der Waals surface area contributed by atoms with Crippen molar-refractivity contribution in [3.05, 3.63) is 29.0 Å². The van der Waals surface area contributed by atoms with Gasteiger partial charge in [-0.1, -0.05) is 17.7 Å². The summed E-state index contributed by atoms with van der Waals surface area (Å²) >= 11 is 5.58. The normalized spacial score (nSPS) is 22.3. The highest BCUT2D eigenvalue weighted by molar-refractivity contribution is 7.92. The summed E-state index contributed by atoms with van der Waals surface area (Å²) in [5.41, 5.74) is 0. The second kappa shape index (κ2) is 5.25. The predicted molar refractivity (Wildman–Crippen MR) is 73.4 cm³/mol. The Morgan fingerprint density at radius 3 is 2.60 bits per heavy atom. The summed E-state index contributed by atoms with van der Waals surface area (Å²) in [4.78, 5) is -0.545. The molecule has 0 radical (unpaired) electrons. The lowest BCUT2D eigenvalue weighted by Gasteiger charge is -2.23. The number of hydrogen-bond acceptors (Lipinski definition) is 4. The van der Waals surface area contributed by atoms with E-state index in [4.69, 9.17) is 11.6 Å². The molecule has 1 aliphatic rings. The first kappa shape index (κ1) is 15.7. The monoisotopic (exact) mass is 341 g/mol. The SMILES string of the molecule is CN(C1CCS(=O)(=O)C1)S(=O)(=O)c1cccc(Cl)c1F. The van der Waals surface area contributed by atoms with Crippen molar-refractivity contribution in [1.29, 1.82) is 0 Å². The smallest absolute Gasteiger partial charge is 0.229 e. The van der Waals surface area contributed by atoms with Crippen LogP contribution < -0.4 is 0 Å². The lowest BCUT2D eigenvalue weighted by atomic mass is 10.3. The summed E-state index contributed by atoms with van der Waals surface area (Å²) in [6, 6.07) is 3.01. The van der Waals surface area contributed by atoms with Gasteiger partial charge in [0.1, 0.15) is 4.90 Å². The predicted octanol–water partition coefficient (Wildman–Crippen LogP) is 1.29. The van der Waals surface area contributed by atoms with Crippen molar-refractivity contribution in [3.8, 4) is 0 Å². The highest BCUT2D eigenvalue weighted by atomic mass is 35.5. The van der Waals surface area contributed by atoms with Crippen LogP contribution in [-0.2, 0) is 19.9 Å². The van der Waals surface area contributed by atoms with Crippen molar-refractivity contribution >= 4 is 31.5 Å². The largest absolute Gasteiger partial charge is 0.246 e. The first-order valence-corrected chi connectivity index (χ1v) is 9.41. The number of hydrogen-bond donors (Lipinski definition) is 0. The molecular weight excluding hydrogens is 329 g/mol. The van der Waals surface area contributed by atoms with Gasteiger partial charge >= 0.3 is 0 Å². The molecule has 1 fully saturated rings. The molecule has 0 spiro atoms. The maximum Gasteiger partial charge on any atom is 0.246 e. The third-order valence-corrected chi connectivity index (χ3v) is 7.27. The van der Waals surface area contributed by atoms with Gasteiger partial charge in [-0.15, -0.1) is 0 Å². The Balaban J connectivity index is 2.38. The number of sulfonamides is 1. The van der Waals surface area contributed by atoms with E-state index in [0.717, 1.165) is 10.4 Å². The van der Waals surface area contributed by atoms with Gasteiger partial charge in [0.15, 0.2) is 15.7 Å². The topological polar surface area (TPSA) is 71.5 Å². The molecule has 1 saturated heterocycles. The lowest BCUT2D eigenvalue weighted by Crippen LogP contribution is -2.38. The van der Waals surface area contributed by atoms with Crippen molar-refractivity contribution in [2.75, 3.05) is 18.6 Å². The van der Waals surface area contributed by atoms with E-state index in [1.54, 1.807) is 0 Å². The van der Waals surface area contributed by atoms with E-state index in [1.807, 2.05) is 0 Å². The minimum Gasteiger partial charge on any atom is -0.229 e. The fraction of sp³-hybridized carbons (Fsp3) is 0.455. The second-order valence-electron chi connectivity index (χ2n) is 4.63. The van der Waals surface area contributed by atoms with Gasteiger partial charge in [-0.2, -0.15) is 4.31 Å². The second-order valence-corrected chi connectivity index (χ2v) is 9.23. The van der Waals surface area contributed by atoms with Crippen molar-refractivity contribution < 1.29 is 21.2 Å². The van der Waals surface area contributed by atoms with Crippen LogP contribution in [0.2, 0.25) is 5.02 Å². The molecule has 1 heterocycles. The molecule has 0 amide bonds. The van der Waals surface area contributed by atoms with Gasteiger partial charge in [0, 0.05) is 13.1 Å². The summed E-state index contributed by atoms with van der Waals surface area (Å²) in [7, 11) is -6.09. The van der Waals surface area contributed by atoms with Gasteiger partial charge in [0.05, 0.1) is 16.5 Å². The van der Waals surface area contributed by atoms with Gasteiger partial charge in [-0.25, -0.2) is 21.2 Å². The minimum atomic E-state index is -4.12. The Hall–Kier alpha value is -0.700. The van der Waals surface area contributed by atoms with Crippen molar-refractivity contribution in [2.45, 2.75) is 17.4 Å². The molecule has 1 atom stereocenters. The molecule has 0 saturated carbocycles. The van der Waals surface area contributed by atoms with Crippen LogP contribution in [0.15, 0.2) is 23.1 Å². The molecule has 1 aromatic carbocycles. The van der Waals surface area contributed by atoms with Crippen molar-refractivity contribution in [2.24, 2.45) is 0 Å². The van der Waals surface area contributed by atoms with Crippen molar-refractivity contribution in [3.63, 3.8) is 0 Å². The molecule has 1 aliphatic heterocycles. The zero-order valence-corrected chi connectivity index (χ0v) is 13.0. The Labute approximate surface area is 122 Å². The van der Waals surface area contributed by atoms with E-state index in [1.165, 1.54) is 19.2 Å². The van der Waals surface area contributed by atoms with E-state index in [0.29, 0.717) is 0 Å². The summed E-state index contributed by atoms with van der Waals surface area (Å²) in [5, 5.41) is -0.293. The molecule has 1 aromatic rings. The number of benzene rings is 1. The molecule has 0 bridgehead atoms. The van der Waals surface area contributed by atoms with Gasteiger partial charge in [-0.3, -0.25) is 0 Å². The fourth-order valence-electron chi connectivity index (χ4n) is 2.10. The van der Waals surface area contributed by atoms with Gasteiger partial charge in [-0.05, 0) is 18.6 Å². The van der Waals surface area contributed by atoms with Gasteiger partial charge in [0.2, 0.25) is 10.0 Å². The first-order valence-electron chi connectivity index (χ1n) is 5.77. The van der Waals surface area contributed by atoms with Gasteiger partial charge < -0.3 is 0 Å². The summed E-state index contributed by atoms with van der Waals surface area (Å²) in [6.07, 6.45) is 0.209. The molecule has 2 rings (SSSR count). The van der Waals surface area contributed by atoms with Crippen LogP contribution in [0.25, 0.3) is 0 Å². The quantitative estimate of drug-likeness (QED) is 0.830. The highest BCUT2D eigenvalue weighted by Crippen LogP contribution is 2.27. The van der Waals surface area contributed by atoms with E-state index >= 15 is 0 Å². The Morgan fingerprint density at radius 1 is 1.40 bits per heavy atom. The van der Waals surface area contributed by atoms with E-state index in [-0.39, 0.29) is 22.9 Å². The van der Waals surface area contributed by atoms with Crippen LogP contribution in [-0.4, -0.2) is 45.7 Å². The molecule has 20 heavy (non-hydrogen) atoms. The van der Waals surface area contributed by atoms with Crippen molar-refractivity contribution in [1.82, 2.24) is 4.31 Å². The zero-order chi connectivity index (χ0) is 15.1.